The van der Waals surface area contributed by atoms with Crippen molar-refractivity contribution in [3.8, 4) is 5.75 Å². The first-order chi connectivity index (χ1) is 5.59. The predicted octanol–water partition coefficient (Wildman–Crippen LogP) is 1.63. The minimum atomic E-state index is 0.118. The lowest BCUT2D eigenvalue weighted by Gasteiger charge is -2.01. The topological polar surface area (TPSA) is 70.1 Å². The molecule has 0 radical (unpaired) electrons. The SMILES string of the molecule is N=C(N)Cc1ccc(O)c(Br)c1. The van der Waals surface area contributed by atoms with Crippen LogP contribution in [0.4, 0.5) is 0 Å². The molecule has 0 aliphatic carbocycles. The number of aromatic hydroxyl groups is 1. The Bertz CT molecular complexity index is 312. The molecule has 0 heterocycles. The second-order valence-electron chi connectivity index (χ2n) is 2.49. The highest BCUT2D eigenvalue weighted by Crippen LogP contribution is 2.24. The van der Waals surface area contributed by atoms with Crippen molar-refractivity contribution in [2.24, 2.45) is 5.73 Å². The zero-order valence-electron chi connectivity index (χ0n) is 6.34. The number of nitrogens with one attached hydrogen (secondary N) is 1. The van der Waals surface area contributed by atoms with Gasteiger partial charge >= 0.3 is 0 Å². The Labute approximate surface area is 78.8 Å². The normalized spacial score (nSPS) is 9.75. The van der Waals surface area contributed by atoms with Crippen LogP contribution in [-0.4, -0.2) is 10.9 Å². The zero-order valence-corrected chi connectivity index (χ0v) is 7.93. The van der Waals surface area contributed by atoms with Gasteiger partial charge in [-0.15, -0.1) is 0 Å². The van der Waals surface area contributed by atoms with E-state index in [9.17, 15) is 0 Å². The molecule has 0 aliphatic rings. The van der Waals surface area contributed by atoms with E-state index in [0.717, 1.165) is 5.56 Å². The maximum Gasteiger partial charge on any atom is 0.129 e. The highest BCUT2D eigenvalue weighted by Gasteiger charge is 2.00. The Hall–Kier alpha value is -1.03. The monoisotopic (exact) mass is 228 g/mol. The third-order valence-electron chi connectivity index (χ3n) is 1.41. The first kappa shape index (κ1) is 9.06. The summed E-state index contributed by atoms with van der Waals surface area (Å²) in [6.45, 7) is 0. The van der Waals surface area contributed by atoms with Gasteiger partial charge in [0.25, 0.3) is 0 Å². The predicted molar refractivity (Wildman–Crippen MR) is 51.4 cm³/mol. The molecule has 1 aromatic rings. The number of rotatable bonds is 2. The van der Waals surface area contributed by atoms with Gasteiger partial charge in [0.05, 0.1) is 10.3 Å². The lowest BCUT2D eigenvalue weighted by atomic mass is 10.1. The summed E-state index contributed by atoms with van der Waals surface area (Å²) < 4.78 is 0.626. The Balaban J connectivity index is 2.89. The van der Waals surface area contributed by atoms with Crippen LogP contribution in [0.15, 0.2) is 22.7 Å². The summed E-state index contributed by atoms with van der Waals surface area (Å²) in [5, 5.41) is 16.2. The number of amidine groups is 1. The second-order valence-corrected chi connectivity index (χ2v) is 3.34. The molecule has 0 aromatic heterocycles. The van der Waals surface area contributed by atoms with E-state index in [-0.39, 0.29) is 11.6 Å². The van der Waals surface area contributed by atoms with Gasteiger partial charge in [0.15, 0.2) is 0 Å². The van der Waals surface area contributed by atoms with Crippen molar-refractivity contribution in [2.75, 3.05) is 0 Å². The Morgan fingerprint density at radius 2 is 2.25 bits per heavy atom. The van der Waals surface area contributed by atoms with Crippen LogP contribution in [0.1, 0.15) is 5.56 Å². The van der Waals surface area contributed by atoms with Gasteiger partial charge < -0.3 is 10.8 Å². The zero-order chi connectivity index (χ0) is 9.14. The summed E-state index contributed by atoms with van der Waals surface area (Å²) in [7, 11) is 0. The molecule has 4 N–H and O–H groups in total. The van der Waals surface area contributed by atoms with E-state index in [1.807, 2.05) is 0 Å². The van der Waals surface area contributed by atoms with Crippen LogP contribution in [0.3, 0.4) is 0 Å². The molecule has 1 aromatic carbocycles. The lowest BCUT2D eigenvalue weighted by molar-refractivity contribution is 0.471. The molecule has 0 unspecified atom stereocenters. The molecule has 0 aliphatic heterocycles. The minimum absolute atomic E-state index is 0.118. The molecule has 12 heavy (non-hydrogen) atoms. The van der Waals surface area contributed by atoms with Crippen LogP contribution < -0.4 is 5.73 Å². The van der Waals surface area contributed by atoms with Gasteiger partial charge in [-0.1, -0.05) is 6.07 Å². The largest absolute Gasteiger partial charge is 0.507 e. The molecule has 0 amide bonds. The first-order valence-corrected chi connectivity index (χ1v) is 4.19. The average molecular weight is 229 g/mol. The summed E-state index contributed by atoms with van der Waals surface area (Å²) in [5.74, 6) is 0.315. The summed E-state index contributed by atoms with van der Waals surface area (Å²) in [6.07, 6.45) is 0.416. The molecule has 0 bridgehead atoms. The van der Waals surface area contributed by atoms with E-state index >= 15 is 0 Å². The van der Waals surface area contributed by atoms with Crippen molar-refractivity contribution >= 4 is 21.8 Å². The number of hydrogen-bond acceptors (Lipinski definition) is 2. The van der Waals surface area contributed by atoms with Crippen LogP contribution in [-0.2, 0) is 6.42 Å². The van der Waals surface area contributed by atoms with E-state index in [1.54, 1.807) is 18.2 Å². The summed E-state index contributed by atoms with van der Waals surface area (Å²) in [5.41, 5.74) is 6.13. The van der Waals surface area contributed by atoms with E-state index in [4.69, 9.17) is 16.2 Å². The van der Waals surface area contributed by atoms with Crippen LogP contribution in [0, 0.1) is 5.41 Å². The summed E-state index contributed by atoms with van der Waals surface area (Å²) >= 11 is 3.17. The van der Waals surface area contributed by atoms with E-state index in [0.29, 0.717) is 10.9 Å². The molecule has 1 rings (SSSR count). The number of nitrogens with two attached hydrogens (primary N) is 1. The number of hydrogen-bond donors (Lipinski definition) is 3. The maximum atomic E-state index is 9.15. The molecule has 0 spiro atoms. The van der Waals surface area contributed by atoms with Crippen molar-refractivity contribution in [1.29, 1.82) is 5.41 Å². The first-order valence-electron chi connectivity index (χ1n) is 3.40. The van der Waals surface area contributed by atoms with Crippen molar-refractivity contribution in [3.05, 3.63) is 28.2 Å². The fourth-order valence-electron chi connectivity index (χ4n) is 0.880. The summed E-state index contributed by atoms with van der Waals surface area (Å²) in [6, 6.07) is 5.06. The Kier molecular flexibility index (Phi) is 2.70. The average Bonchev–Trinajstić information content (AvgIpc) is 1.96. The molecule has 0 saturated heterocycles. The van der Waals surface area contributed by atoms with E-state index in [1.165, 1.54) is 0 Å². The third-order valence-corrected chi connectivity index (χ3v) is 2.04. The van der Waals surface area contributed by atoms with Gasteiger partial charge in [0, 0.05) is 6.42 Å². The fraction of sp³-hybridized carbons (Fsp3) is 0.125. The van der Waals surface area contributed by atoms with Gasteiger partial charge in [-0.3, -0.25) is 5.41 Å². The molecular formula is C8H9BrN2O. The van der Waals surface area contributed by atoms with Gasteiger partial charge in [-0.2, -0.15) is 0 Å². The Morgan fingerprint density at radius 3 is 2.75 bits per heavy atom. The number of benzene rings is 1. The van der Waals surface area contributed by atoms with Crippen LogP contribution in [0.5, 0.6) is 5.75 Å². The molecule has 4 heteroatoms. The molecular weight excluding hydrogens is 220 g/mol. The van der Waals surface area contributed by atoms with Crippen LogP contribution >= 0.6 is 15.9 Å². The highest BCUT2D eigenvalue weighted by molar-refractivity contribution is 9.10. The summed E-state index contributed by atoms with van der Waals surface area (Å²) in [4.78, 5) is 0. The van der Waals surface area contributed by atoms with Gasteiger partial charge in [0.1, 0.15) is 5.75 Å². The number of phenols is 1. The standard InChI is InChI=1S/C8H9BrN2O/c9-6-3-5(4-8(10)11)1-2-7(6)12/h1-3,12H,4H2,(H3,10,11). The van der Waals surface area contributed by atoms with Crippen LogP contribution in [0.2, 0.25) is 0 Å². The molecule has 0 saturated carbocycles. The smallest absolute Gasteiger partial charge is 0.129 e. The number of phenolic OH excluding ortho intramolecular Hbond substituents is 1. The fourth-order valence-corrected chi connectivity index (χ4v) is 1.31. The lowest BCUT2D eigenvalue weighted by Crippen LogP contribution is -2.12. The Morgan fingerprint density at radius 1 is 1.58 bits per heavy atom. The molecule has 64 valence electrons. The van der Waals surface area contributed by atoms with E-state index < -0.39 is 0 Å². The van der Waals surface area contributed by atoms with Crippen molar-refractivity contribution < 1.29 is 5.11 Å². The van der Waals surface area contributed by atoms with E-state index in [2.05, 4.69) is 15.9 Å². The maximum absolute atomic E-state index is 9.15. The van der Waals surface area contributed by atoms with Crippen LogP contribution in [0.25, 0.3) is 0 Å². The minimum Gasteiger partial charge on any atom is -0.507 e. The molecule has 0 atom stereocenters. The van der Waals surface area contributed by atoms with Gasteiger partial charge in [-0.25, -0.2) is 0 Å². The quantitative estimate of drug-likeness (QED) is 0.532. The molecule has 0 fully saturated rings. The van der Waals surface area contributed by atoms with Gasteiger partial charge in [-0.05, 0) is 33.6 Å². The number of halogens is 1. The third kappa shape index (κ3) is 2.23. The van der Waals surface area contributed by atoms with Crippen molar-refractivity contribution in [2.45, 2.75) is 6.42 Å². The second kappa shape index (κ2) is 3.58. The van der Waals surface area contributed by atoms with Crippen molar-refractivity contribution in [3.63, 3.8) is 0 Å². The highest BCUT2D eigenvalue weighted by atomic mass is 79.9. The molecule has 3 nitrogen and oxygen atoms in total. The van der Waals surface area contributed by atoms with Gasteiger partial charge in [0.2, 0.25) is 0 Å². The van der Waals surface area contributed by atoms with Crippen molar-refractivity contribution in [1.82, 2.24) is 0 Å².